The predicted octanol–water partition coefficient (Wildman–Crippen LogP) is 5.26. The lowest BCUT2D eigenvalue weighted by Gasteiger charge is -2.26. The Labute approximate surface area is 141 Å². The molecule has 4 nitrogen and oxygen atoms in total. The van der Waals surface area contributed by atoms with Crippen LogP contribution in [0.15, 0.2) is 11.6 Å². The highest BCUT2D eigenvalue weighted by atomic mass is 16.6. The van der Waals surface area contributed by atoms with Gasteiger partial charge in [0.2, 0.25) is 0 Å². The van der Waals surface area contributed by atoms with E-state index < -0.39 is 11.6 Å². The number of unbranched alkanes of at least 4 members (excludes halogenated alkanes) is 8. The predicted molar refractivity (Wildman–Crippen MR) is 93.4 cm³/mol. The van der Waals surface area contributed by atoms with Gasteiger partial charge in [0, 0.05) is 12.5 Å². The van der Waals surface area contributed by atoms with Crippen molar-refractivity contribution in [1.82, 2.24) is 0 Å². The molecule has 0 aromatic heterocycles. The number of aliphatic carboxylic acids is 1. The van der Waals surface area contributed by atoms with E-state index in [0.29, 0.717) is 12.0 Å². The van der Waals surface area contributed by atoms with Crippen LogP contribution in [0, 0.1) is 0 Å². The molecule has 4 heteroatoms. The molecule has 0 radical (unpaired) electrons. The minimum atomic E-state index is -1.02. The van der Waals surface area contributed by atoms with Crippen molar-refractivity contribution in [3.05, 3.63) is 11.6 Å². The summed E-state index contributed by atoms with van der Waals surface area (Å²) in [6.07, 6.45) is 12.3. The number of carbonyl (C=O) groups is 2. The largest absolute Gasteiger partial charge is 0.478 e. The van der Waals surface area contributed by atoms with Crippen molar-refractivity contribution in [1.29, 1.82) is 0 Å². The molecule has 0 aliphatic rings. The van der Waals surface area contributed by atoms with E-state index in [1.54, 1.807) is 20.8 Å². The number of esters is 1. The monoisotopic (exact) mass is 326 g/mol. The number of carboxylic acid groups (broad SMARTS) is 1. The Balaban J connectivity index is 3.80. The van der Waals surface area contributed by atoms with Gasteiger partial charge in [-0.05, 0) is 32.8 Å². The van der Waals surface area contributed by atoms with Crippen molar-refractivity contribution in [2.24, 2.45) is 0 Å². The van der Waals surface area contributed by atoms with E-state index >= 15 is 0 Å². The molecule has 0 saturated heterocycles. The minimum Gasteiger partial charge on any atom is -0.478 e. The van der Waals surface area contributed by atoms with Crippen LogP contribution in [0.1, 0.15) is 91.9 Å². The molecule has 0 aliphatic heterocycles. The van der Waals surface area contributed by atoms with E-state index in [4.69, 9.17) is 9.84 Å². The number of hydrogen-bond acceptors (Lipinski definition) is 3. The summed E-state index contributed by atoms with van der Waals surface area (Å²) < 4.78 is 5.40. The fraction of sp³-hybridized carbons (Fsp3) is 0.789. The zero-order valence-electron chi connectivity index (χ0n) is 15.3. The minimum absolute atomic E-state index is 0.254. The van der Waals surface area contributed by atoms with Gasteiger partial charge in [-0.1, -0.05) is 58.3 Å². The van der Waals surface area contributed by atoms with Crippen LogP contribution in [0.5, 0.6) is 0 Å². The first-order chi connectivity index (χ1) is 10.8. The number of carboxylic acids is 1. The maximum absolute atomic E-state index is 11.9. The first kappa shape index (κ1) is 21.7. The maximum atomic E-state index is 11.9. The molecule has 23 heavy (non-hydrogen) atoms. The first-order valence-electron chi connectivity index (χ1n) is 8.93. The van der Waals surface area contributed by atoms with E-state index in [-0.39, 0.29) is 5.97 Å². The highest BCUT2D eigenvalue weighted by molar-refractivity contribution is 5.81. The van der Waals surface area contributed by atoms with Crippen LogP contribution in [-0.2, 0) is 14.3 Å². The van der Waals surface area contributed by atoms with Gasteiger partial charge in [-0.2, -0.15) is 0 Å². The van der Waals surface area contributed by atoms with Gasteiger partial charge < -0.3 is 9.84 Å². The summed E-state index contributed by atoms with van der Waals surface area (Å²) in [5, 5.41) is 8.76. The van der Waals surface area contributed by atoms with Gasteiger partial charge >= 0.3 is 11.9 Å². The number of hydrogen-bond donors (Lipinski definition) is 1. The fourth-order valence-electron chi connectivity index (χ4n) is 2.36. The lowest BCUT2D eigenvalue weighted by atomic mass is 9.99. The van der Waals surface area contributed by atoms with Crippen LogP contribution < -0.4 is 0 Å². The fourth-order valence-corrected chi connectivity index (χ4v) is 2.36. The molecular formula is C19H34O4. The lowest BCUT2D eigenvalue weighted by molar-refractivity contribution is -0.153. The van der Waals surface area contributed by atoms with Crippen LogP contribution >= 0.6 is 0 Å². The van der Waals surface area contributed by atoms with Gasteiger partial charge in [0.25, 0.3) is 0 Å². The Morgan fingerprint density at radius 3 is 1.91 bits per heavy atom. The summed E-state index contributed by atoms with van der Waals surface area (Å²) >= 11 is 0. The Morgan fingerprint density at radius 1 is 0.957 bits per heavy atom. The van der Waals surface area contributed by atoms with E-state index in [1.807, 2.05) is 0 Å². The molecule has 0 spiro atoms. The molecule has 0 saturated carbocycles. The van der Waals surface area contributed by atoms with Crippen LogP contribution in [0.3, 0.4) is 0 Å². The maximum Gasteiger partial charge on any atom is 0.328 e. The molecule has 0 aromatic rings. The highest BCUT2D eigenvalue weighted by Gasteiger charge is 2.25. The zero-order valence-corrected chi connectivity index (χ0v) is 15.3. The smallest absolute Gasteiger partial charge is 0.328 e. The summed E-state index contributed by atoms with van der Waals surface area (Å²) in [7, 11) is 0. The molecular weight excluding hydrogens is 292 g/mol. The van der Waals surface area contributed by atoms with Crippen molar-refractivity contribution in [3.63, 3.8) is 0 Å². The Bertz CT molecular complexity index is 383. The van der Waals surface area contributed by atoms with Crippen LogP contribution in [-0.4, -0.2) is 22.6 Å². The summed E-state index contributed by atoms with van der Waals surface area (Å²) in [6.45, 7) is 7.32. The SMILES string of the molecule is CCCCCCCCCCCC(=O)OC(C)(C)C(C)=CC(=O)O. The van der Waals surface area contributed by atoms with Crippen LogP contribution in [0.4, 0.5) is 0 Å². The molecule has 0 amide bonds. The van der Waals surface area contributed by atoms with E-state index in [2.05, 4.69) is 6.92 Å². The quantitative estimate of drug-likeness (QED) is 0.285. The molecule has 0 aliphatic carbocycles. The third-order valence-corrected chi connectivity index (χ3v) is 4.14. The van der Waals surface area contributed by atoms with Crippen molar-refractivity contribution < 1.29 is 19.4 Å². The van der Waals surface area contributed by atoms with Crippen molar-refractivity contribution in [2.75, 3.05) is 0 Å². The van der Waals surface area contributed by atoms with E-state index in [0.717, 1.165) is 18.9 Å². The molecule has 0 aromatic carbocycles. The Morgan fingerprint density at radius 2 is 1.43 bits per heavy atom. The summed E-state index contributed by atoms with van der Waals surface area (Å²) in [6, 6.07) is 0. The highest BCUT2D eigenvalue weighted by Crippen LogP contribution is 2.21. The zero-order chi connectivity index (χ0) is 17.7. The number of rotatable bonds is 13. The molecule has 134 valence electrons. The van der Waals surface area contributed by atoms with Crippen molar-refractivity contribution >= 4 is 11.9 Å². The average molecular weight is 326 g/mol. The number of ether oxygens (including phenoxy) is 1. The number of carbonyl (C=O) groups excluding carboxylic acids is 1. The molecule has 0 unspecified atom stereocenters. The second-order valence-corrected chi connectivity index (χ2v) is 6.73. The standard InChI is InChI=1S/C19H34O4/c1-5-6-7-8-9-10-11-12-13-14-18(22)23-19(3,4)16(2)15-17(20)21/h15H,5-14H2,1-4H3,(H,20,21). The Hall–Kier alpha value is -1.32. The topological polar surface area (TPSA) is 63.6 Å². The van der Waals surface area contributed by atoms with Gasteiger partial charge in [0.15, 0.2) is 0 Å². The van der Waals surface area contributed by atoms with Gasteiger partial charge in [-0.15, -0.1) is 0 Å². The van der Waals surface area contributed by atoms with Crippen LogP contribution in [0.2, 0.25) is 0 Å². The van der Waals surface area contributed by atoms with Crippen molar-refractivity contribution in [2.45, 2.75) is 97.5 Å². The van der Waals surface area contributed by atoms with Crippen molar-refractivity contribution in [3.8, 4) is 0 Å². The third kappa shape index (κ3) is 11.8. The Kier molecular flexibility index (Phi) is 11.4. The van der Waals surface area contributed by atoms with E-state index in [1.165, 1.54) is 44.9 Å². The summed E-state index contributed by atoms with van der Waals surface area (Å²) in [5.41, 5.74) is -0.334. The molecule has 0 bridgehead atoms. The molecule has 0 fully saturated rings. The molecule has 0 atom stereocenters. The summed E-state index contributed by atoms with van der Waals surface area (Å²) in [4.78, 5) is 22.5. The van der Waals surface area contributed by atoms with Gasteiger partial charge in [-0.3, -0.25) is 4.79 Å². The summed E-state index contributed by atoms with van der Waals surface area (Å²) in [5.74, 6) is -1.28. The molecule has 0 heterocycles. The normalized spacial score (nSPS) is 12.3. The average Bonchev–Trinajstić information content (AvgIpc) is 2.44. The van der Waals surface area contributed by atoms with E-state index in [9.17, 15) is 9.59 Å². The van der Waals surface area contributed by atoms with Crippen LogP contribution in [0.25, 0.3) is 0 Å². The van der Waals surface area contributed by atoms with Gasteiger partial charge in [-0.25, -0.2) is 4.79 Å². The second-order valence-electron chi connectivity index (χ2n) is 6.73. The van der Waals surface area contributed by atoms with Gasteiger partial charge in [0.1, 0.15) is 5.60 Å². The second kappa shape index (κ2) is 12.1. The molecule has 0 rings (SSSR count). The first-order valence-corrected chi connectivity index (χ1v) is 8.93. The lowest BCUT2D eigenvalue weighted by Crippen LogP contribution is -2.29. The third-order valence-electron chi connectivity index (χ3n) is 4.14. The molecule has 1 N–H and O–H groups in total. The van der Waals surface area contributed by atoms with Gasteiger partial charge in [0.05, 0.1) is 0 Å².